The summed E-state index contributed by atoms with van der Waals surface area (Å²) in [4.78, 5) is 33.7. The van der Waals surface area contributed by atoms with Gasteiger partial charge in [0, 0.05) is 262 Å². The summed E-state index contributed by atoms with van der Waals surface area (Å²) in [6.07, 6.45) is 34.2. The molecule has 0 aliphatic carbocycles. The Kier molecular flexibility index (Phi) is 47.5. The second-order valence-electron chi connectivity index (χ2n) is 27.8. The maximum absolute atomic E-state index is 4.68. The average molecular weight is 2840 g/mol. The first-order chi connectivity index (χ1) is 63.5. The number of aryl methyl sites for hydroxylation is 6. The van der Waals surface area contributed by atoms with Crippen molar-refractivity contribution in [2.45, 2.75) is 0 Å². The van der Waals surface area contributed by atoms with E-state index >= 15 is 0 Å². The molecule has 29 heteroatoms. The van der Waals surface area contributed by atoms with E-state index in [1.54, 1.807) is 76.3 Å². The van der Waals surface area contributed by atoms with E-state index in [-0.39, 0.29) is 121 Å². The van der Waals surface area contributed by atoms with Crippen LogP contribution in [0, 0.1) is 60.7 Å². The van der Waals surface area contributed by atoms with Crippen LogP contribution in [-0.4, -0.2) is 111 Å². The van der Waals surface area contributed by atoms with Gasteiger partial charge in [-0.2, -0.15) is 75.0 Å². The van der Waals surface area contributed by atoms with E-state index in [9.17, 15) is 0 Å². The predicted molar refractivity (Wildman–Crippen MR) is 504 cm³/mol. The third-order valence-corrected chi connectivity index (χ3v) is 18.8. The first kappa shape index (κ1) is 108. The van der Waals surface area contributed by atoms with Gasteiger partial charge in [-0.1, -0.05) is 73.1 Å². The maximum Gasteiger partial charge on any atom is 0.138 e. The molecule has 6 radical (unpaired) electrons. The van der Waals surface area contributed by atoms with Gasteiger partial charge >= 0.3 is 0 Å². The second kappa shape index (κ2) is 59.1. The van der Waals surface area contributed by atoms with Crippen LogP contribution in [0.5, 0.6) is 0 Å². The zero-order valence-corrected chi connectivity index (χ0v) is 88.4. The van der Waals surface area contributed by atoms with Crippen LogP contribution in [0.3, 0.4) is 0 Å². The predicted octanol–water partition coefficient (Wildman–Crippen LogP) is 19.7. The first-order valence-corrected chi connectivity index (χ1v) is 40.8. The normalized spacial score (nSPS) is 9.68. The minimum Gasteiger partial charge on any atom is -0.373 e. The SMILES string of the molecule is Cn1c(-c2ccccc2)cnc1-c1[c-]cccc1.Cn1cc(-c2ccccc2)nc1-c1[c-]cccc1.Cn1ccnc1-c1[c-]cccc1.Cn1ccnc1-c1[c-]cccc1.Cn1ccnc1-c1[c-]cccc1.Cn1ccnc1-c1[c-]cccc1.Cn1cnnc1-c1[c-]cccc1.[Ir].[Ir].[Ir].[Ir].[Ir].[Ir].[c-]1ccccc1-n1cccn1.[c-]1ccccc1-n1cncn1.[c-]1cnccc1-n1cccn1. The van der Waals surface area contributed by atoms with Crippen molar-refractivity contribution < 1.29 is 121 Å². The smallest absolute Gasteiger partial charge is 0.138 e. The summed E-state index contributed by atoms with van der Waals surface area (Å²) in [6, 6.07) is 127. The Labute approximate surface area is 868 Å². The number of rotatable bonds is 12. The van der Waals surface area contributed by atoms with Crippen LogP contribution in [0.25, 0.3) is 119 Å². The molecule has 0 unspecified atom stereocenters. The molecule has 0 bridgehead atoms. The zero-order chi connectivity index (χ0) is 89.2. The number of aromatic nitrogens is 23. The Morgan fingerprint density at radius 2 is 0.607 bits per heavy atom. The molecule has 0 atom stereocenters. The molecule has 11 aromatic heterocycles. The van der Waals surface area contributed by atoms with Crippen LogP contribution in [0.2, 0.25) is 0 Å². The molecular formula is C106H89Ir6N23-10. The number of pyridine rings is 1. The molecule has 23 nitrogen and oxygen atoms in total. The van der Waals surface area contributed by atoms with Gasteiger partial charge in [-0.05, 0) is 29.1 Å². The van der Waals surface area contributed by atoms with Gasteiger partial charge in [-0.25, -0.2) is 15.7 Å². The molecule has 0 amide bonds. The summed E-state index contributed by atoms with van der Waals surface area (Å²) in [7, 11) is 13.9. The minimum atomic E-state index is 0. The van der Waals surface area contributed by atoms with E-state index in [0.717, 1.165) is 114 Å². The van der Waals surface area contributed by atoms with Gasteiger partial charge < -0.3 is 37.0 Å². The Morgan fingerprint density at radius 3 is 0.926 bits per heavy atom. The van der Waals surface area contributed by atoms with Crippen molar-refractivity contribution in [1.82, 2.24) is 111 Å². The van der Waals surface area contributed by atoms with Crippen LogP contribution in [0.4, 0.5) is 0 Å². The summed E-state index contributed by atoms with van der Waals surface area (Å²) in [5.41, 5.74) is 14.3. The fourth-order valence-corrected chi connectivity index (χ4v) is 12.4. The Hall–Kier alpha value is -13.6. The Morgan fingerprint density at radius 1 is 0.252 bits per heavy atom. The molecule has 0 aliphatic rings. The van der Waals surface area contributed by atoms with E-state index in [4.69, 9.17) is 0 Å². The fourth-order valence-electron chi connectivity index (χ4n) is 12.4. The topological polar surface area (TPSA) is 217 Å². The number of para-hydroxylation sites is 2. The van der Waals surface area contributed by atoms with Crippen molar-refractivity contribution in [1.29, 1.82) is 0 Å². The van der Waals surface area contributed by atoms with Gasteiger partial charge in [0.15, 0.2) is 0 Å². The largest absolute Gasteiger partial charge is 0.373 e. The van der Waals surface area contributed by atoms with Crippen LogP contribution in [0.1, 0.15) is 0 Å². The third-order valence-electron chi connectivity index (χ3n) is 18.8. The molecule has 692 valence electrons. The third kappa shape index (κ3) is 32.9. The molecule has 0 fully saturated rings. The quantitative estimate of drug-likeness (QED) is 0.104. The van der Waals surface area contributed by atoms with Crippen molar-refractivity contribution >= 4 is 0 Å². The van der Waals surface area contributed by atoms with E-state index in [0.29, 0.717) is 0 Å². The zero-order valence-electron chi connectivity index (χ0n) is 74.0. The average Bonchev–Trinajstić information content (AvgIpc) is 1.66. The van der Waals surface area contributed by atoms with Crippen molar-refractivity contribution in [3.05, 3.63) is 476 Å². The molecular weight excluding hydrogens is 2750 g/mol. The number of nitrogens with zero attached hydrogens (tertiary/aromatic N) is 23. The van der Waals surface area contributed by atoms with E-state index < -0.39 is 0 Å². The van der Waals surface area contributed by atoms with Gasteiger partial charge in [0.05, 0.1) is 52.2 Å². The van der Waals surface area contributed by atoms with Crippen LogP contribution >= 0.6 is 0 Å². The van der Waals surface area contributed by atoms with Gasteiger partial charge in [0.2, 0.25) is 0 Å². The van der Waals surface area contributed by atoms with Crippen LogP contribution in [0.15, 0.2) is 415 Å². The summed E-state index contributed by atoms with van der Waals surface area (Å²) in [5.74, 6) is 6.54. The maximum atomic E-state index is 4.68. The number of hydrogen-bond acceptors (Lipinski definition) is 13. The minimum absolute atomic E-state index is 0. The first-order valence-electron chi connectivity index (χ1n) is 40.8. The van der Waals surface area contributed by atoms with Crippen molar-refractivity contribution in [3.8, 4) is 119 Å². The summed E-state index contributed by atoms with van der Waals surface area (Å²) in [5, 5.41) is 19.8. The monoisotopic (exact) mass is 2840 g/mol. The van der Waals surface area contributed by atoms with Gasteiger partial charge in [0.1, 0.15) is 19.0 Å². The molecule has 0 spiro atoms. The molecule has 0 aliphatic heterocycles. The Balaban J connectivity index is 0.000000205. The molecule has 22 rings (SSSR count). The Bertz CT molecular complexity index is 6070. The molecule has 11 heterocycles. The van der Waals surface area contributed by atoms with Gasteiger partial charge in [0.25, 0.3) is 0 Å². The standard InChI is InChI=1S/2C16H13N2.4C10H9N2.C9H8N3.C9H7N2.2C8H6N3.6Ir/c1-18-12-15(13-8-4-2-5-9-13)17-16(18)14-10-6-3-7-11-14;1-18-15(13-8-4-2-5-9-13)12-17-16(18)14-10-6-3-7-11-14;4*1-12-8-7-11-10(12)9-5-3-2-4-6-9;1-12-7-10-11-9(12)8-5-3-2-4-6-8;1-2-5-9(6-3-1)11-8-4-7-10-11;1-4-10-11(7-1)8-2-5-9-6-3-8;1-2-4-8(5-3-1)11-7-9-6-10-11;;;;;;/h2*2-10,12H,1H3;4*2-5,7-8H,1H3;2-5,7H,1H3;1-5,7-8H;1-2,4-7H;1-4,6-7H;;;;;;/q10*-1;;;;;;. The molecule has 22 aromatic rings. The molecule has 0 saturated heterocycles. The number of imidazole rings is 6. The van der Waals surface area contributed by atoms with Crippen molar-refractivity contribution in [3.63, 3.8) is 0 Å². The van der Waals surface area contributed by atoms with Gasteiger partial charge in [-0.3, -0.25) is 39.3 Å². The molecule has 0 N–H and O–H groups in total. The summed E-state index contributed by atoms with van der Waals surface area (Å²) >= 11 is 0. The van der Waals surface area contributed by atoms with Crippen LogP contribution < -0.4 is 0 Å². The summed E-state index contributed by atoms with van der Waals surface area (Å²) < 4.78 is 19.1. The van der Waals surface area contributed by atoms with E-state index in [1.165, 1.54) is 11.9 Å². The summed E-state index contributed by atoms with van der Waals surface area (Å²) in [6.45, 7) is 0. The fraction of sp³-hybridized carbons (Fsp3) is 0.0660. The van der Waals surface area contributed by atoms with E-state index in [1.807, 2.05) is 399 Å². The van der Waals surface area contributed by atoms with Crippen molar-refractivity contribution in [2.24, 2.45) is 49.3 Å². The number of benzene rings is 11. The number of hydrogen-bond donors (Lipinski definition) is 0. The van der Waals surface area contributed by atoms with Crippen LogP contribution in [-0.2, 0) is 170 Å². The van der Waals surface area contributed by atoms with Gasteiger partial charge in [-0.15, -0.1) is 274 Å². The van der Waals surface area contributed by atoms with E-state index in [2.05, 4.69) is 155 Å². The molecule has 0 saturated carbocycles. The second-order valence-corrected chi connectivity index (χ2v) is 27.8. The molecule has 135 heavy (non-hydrogen) atoms. The van der Waals surface area contributed by atoms with Crippen molar-refractivity contribution in [2.75, 3.05) is 0 Å². The molecule has 11 aromatic carbocycles.